The summed E-state index contributed by atoms with van der Waals surface area (Å²) in [6.45, 7) is 8.19. The number of nitrogens with one attached hydrogen (secondary N) is 2. The molecule has 31 heavy (non-hydrogen) atoms. The highest BCUT2D eigenvalue weighted by molar-refractivity contribution is 6.19. The summed E-state index contributed by atoms with van der Waals surface area (Å²) in [7, 11) is 0. The maximum absolute atomic E-state index is 12.8. The number of H-pyrrole nitrogens is 1. The zero-order valence-electron chi connectivity index (χ0n) is 17.9. The molecule has 7 nitrogen and oxygen atoms in total. The van der Waals surface area contributed by atoms with Crippen LogP contribution >= 0.6 is 0 Å². The number of benzene rings is 1. The van der Waals surface area contributed by atoms with Crippen LogP contribution in [0.4, 0.5) is 4.79 Å². The summed E-state index contributed by atoms with van der Waals surface area (Å²) in [6.07, 6.45) is 5.15. The topological polar surface area (TPSA) is 91.5 Å². The van der Waals surface area contributed by atoms with E-state index in [1.807, 2.05) is 25.3 Å². The highest BCUT2D eigenvalue weighted by Gasteiger charge is 2.35. The first-order valence-corrected chi connectivity index (χ1v) is 10.6. The molecule has 1 aromatic heterocycles. The molecule has 4 rings (SSSR count). The van der Waals surface area contributed by atoms with E-state index in [2.05, 4.69) is 22.9 Å². The Morgan fingerprint density at radius 3 is 2.81 bits per heavy atom. The van der Waals surface area contributed by atoms with Gasteiger partial charge in [0, 0.05) is 34.8 Å². The number of alkyl carbamates (subject to hydrolysis) is 1. The quantitative estimate of drug-likeness (QED) is 0.506. The highest BCUT2D eigenvalue weighted by Crippen LogP contribution is 2.28. The van der Waals surface area contributed by atoms with Crippen molar-refractivity contribution in [3.63, 3.8) is 0 Å². The zero-order chi connectivity index (χ0) is 22.1. The Labute approximate surface area is 181 Å². The van der Waals surface area contributed by atoms with Crippen molar-refractivity contribution in [2.24, 2.45) is 5.92 Å². The van der Waals surface area contributed by atoms with E-state index in [9.17, 15) is 14.4 Å². The number of cyclic esters (lactones) is 1. The summed E-state index contributed by atoms with van der Waals surface area (Å²) < 4.78 is 4.96. The van der Waals surface area contributed by atoms with Gasteiger partial charge in [0.15, 0.2) is 0 Å². The minimum atomic E-state index is -0.376. The molecule has 162 valence electrons. The smallest absolute Gasteiger partial charge is 0.407 e. The van der Waals surface area contributed by atoms with Crippen LogP contribution in [0.5, 0.6) is 0 Å². The molecule has 2 atom stereocenters. The summed E-state index contributed by atoms with van der Waals surface area (Å²) >= 11 is 0. The minimum absolute atomic E-state index is 0.0300. The lowest BCUT2D eigenvalue weighted by Crippen LogP contribution is -2.33. The third kappa shape index (κ3) is 4.13. The van der Waals surface area contributed by atoms with Crippen LogP contribution in [-0.2, 0) is 27.2 Å². The minimum Gasteiger partial charge on any atom is -0.447 e. The molecule has 0 saturated carbocycles. The fourth-order valence-electron chi connectivity index (χ4n) is 4.21. The van der Waals surface area contributed by atoms with E-state index >= 15 is 0 Å². The average molecular weight is 421 g/mol. The Morgan fingerprint density at radius 1 is 1.29 bits per heavy atom. The second kappa shape index (κ2) is 8.41. The standard InChI is InChI=1S/C24H27N3O4/c1-4-14(2)9-19-15(3)22(28)27(23(19)29)8-7-17-12-25-21-6-5-16(11-20(17)21)10-18-13-31-24(30)26-18/h4-6,11-12,14,18,25H,1,7-10,13H2,2-3H3,(H,26,30). The predicted molar refractivity (Wildman–Crippen MR) is 117 cm³/mol. The van der Waals surface area contributed by atoms with Gasteiger partial charge in [-0.1, -0.05) is 19.1 Å². The first kappa shape index (κ1) is 20.9. The number of aromatic nitrogens is 1. The molecule has 3 amide bonds. The molecule has 7 heteroatoms. The SMILES string of the molecule is C=CC(C)CC1=C(C)C(=O)N(CCc2c[nH]c3ccc(CC4COC(=O)N4)cc23)C1=O. The molecule has 0 radical (unpaired) electrons. The number of rotatable bonds is 8. The van der Waals surface area contributed by atoms with Crippen LogP contribution < -0.4 is 5.32 Å². The van der Waals surface area contributed by atoms with Gasteiger partial charge < -0.3 is 15.0 Å². The van der Waals surface area contributed by atoms with Crippen LogP contribution in [0.3, 0.4) is 0 Å². The molecule has 0 aliphatic carbocycles. The molecule has 0 spiro atoms. The van der Waals surface area contributed by atoms with Gasteiger partial charge in [-0.05, 0) is 55.4 Å². The molecule has 0 bridgehead atoms. The van der Waals surface area contributed by atoms with Gasteiger partial charge in [-0.25, -0.2) is 4.79 Å². The normalized spacial score (nSPS) is 19.9. The fraction of sp³-hybridized carbons (Fsp3) is 0.375. The Balaban J connectivity index is 1.46. The van der Waals surface area contributed by atoms with Crippen LogP contribution in [0.25, 0.3) is 10.9 Å². The number of ether oxygens (including phenoxy) is 1. The molecule has 1 fully saturated rings. The maximum Gasteiger partial charge on any atom is 0.407 e. The fourth-order valence-corrected chi connectivity index (χ4v) is 4.21. The lowest BCUT2D eigenvalue weighted by molar-refractivity contribution is -0.137. The summed E-state index contributed by atoms with van der Waals surface area (Å²) in [6, 6.07) is 6.11. The monoisotopic (exact) mass is 421 g/mol. The molecule has 2 aliphatic heterocycles. The van der Waals surface area contributed by atoms with E-state index in [-0.39, 0.29) is 29.9 Å². The van der Waals surface area contributed by atoms with Gasteiger partial charge in [0.2, 0.25) is 0 Å². The van der Waals surface area contributed by atoms with Crippen LogP contribution in [0.2, 0.25) is 0 Å². The number of carbonyl (C=O) groups is 3. The van der Waals surface area contributed by atoms with Crippen molar-refractivity contribution in [2.45, 2.75) is 39.2 Å². The molecule has 2 aromatic rings. The third-order valence-corrected chi connectivity index (χ3v) is 6.11. The summed E-state index contributed by atoms with van der Waals surface area (Å²) in [5.41, 5.74) is 4.28. The Hall–Kier alpha value is -3.35. The van der Waals surface area contributed by atoms with Crippen molar-refractivity contribution in [2.75, 3.05) is 13.2 Å². The van der Waals surface area contributed by atoms with Crippen molar-refractivity contribution < 1.29 is 19.1 Å². The molecular formula is C24H27N3O4. The second-order valence-electron chi connectivity index (χ2n) is 8.37. The molecule has 2 aliphatic rings. The highest BCUT2D eigenvalue weighted by atomic mass is 16.6. The number of amides is 3. The van der Waals surface area contributed by atoms with Gasteiger partial charge >= 0.3 is 6.09 Å². The van der Waals surface area contributed by atoms with E-state index in [0.29, 0.717) is 43.6 Å². The van der Waals surface area contributed by atoms with Crippen LogP contribution in [0.15, 0.2) is 48.2 Å². The van der Waals surface area contributed by atoms with Crippen molar-refractivity contribution >= 4 is 28.8 Å². The van der Waals surface area contributed by atoms with Gasteiger partial charge in [-0.15, -0.1) is 6.58 Å². The summed E-state index contributed by atoms with van der Waals surface area (Å²) in [4.78, 5) is 41.4. The number of hydrogen-bond acceptors (Lipinski definition) is 4. The lowest BCUT2D eigenvalue weighted by atomic mass is 9.99. The Kier molecular flexibility index (Phi) is 5.67. The first-order chi connectivity index (χ1) is 14.9. The molecule has 3 heterocycles. The van der Waals surface area contributed by atoms with Crippen molar-refractivity contribution in [1.82, 2.24) is 15.2 Å². The number of hydrogen-bond donors (Lipinski definition) is 2. The lowest BCUT2D eigenvalue weighted by Gasteiger charge is -2.15. The van der Waals surface area contributed by atoms with E-state index in [0.717, 1.165) is 22.0 Å². The van der Waals surface area contributed by atoms with Gasteiger partial charge in [0.05, 0.1) is 6.04 Å². The molecular weight excluding hydrogens is 394 g/mol. The number of nitrogens with zero attached hydrogens (tertiary/aromatic N) is 1. The summed E-state index contributed by atoms with van der Waals surface area (Å²) in [5, 5.41) is 3.86. The van der Waals surface area contributed by atoms with Gasteiger partial charge in [0.25, 0.3) is 11.8 Å². The second-order valence-corrected chi connectivity index (χ2v) is 8.37. The van der Waals surface area contributed by atoms with E-state index in [1.165, 1.54) is 4.90 Å². The van der Waals surface area contributed by atoms with Crippen LogP contribution in [-0.4, -0.2) is 47.0 Å². The van der Waals surface area contributed by atoms with Crippen LogP contribution in [0, 0.1) is 5.92 Å². The van der Waals surface area contributed by atoms with E-state index < -0.39 is 0 Å². The molecule has 1 aromatic carbocycles. The van der Waals surface area contributed by atoms with Crippen molar-refractivity contribution in [3.8, 4) is 0 Å². The Bertz CT molecular complexity index is 1100. The maximum atomic E-state index is 12.8. The Morgan fingerprint density at radius 2 is 2.10 bits per heavy atom. The van der Waals surface area contributed by atoms with Crippen molar-refractivity contribution in [3.05, 3.63) is 59.3 Å². The van der Waals surface area contributed by atoms with E-state index in [4.69, 9.17) is 4.74 Å². The molecule has 2 N–H and O–H groups in total. The predicted octanol–water partition coefficient (Wildman–Crippen LogP) is 3.26. The largest absolute Gasteiger partial charge is 0.447 e. The van der Waals surface area contributed by atoms with E-state index in [1.54, 1.807) is 13.0 Å². The summed E-state index contributed by atoms with van der Waals surface area (Å²) in [5.74, 6) is -0.244. The van der Waals surface area contributed by atoms with Crippen LogP contribution in [0.1, 0.15) is 31.4 Å². The number of imide groups is 1. The number of aromatic amines is 1. The third-order valence-electron chi connectivity index (χ3n) is 6.11. The van der Waals surface area contributed by atoms with Gasteiger partial charge in [-0.3, -0.25) is 14.5 Å². The van der Waals surface area contributed by atoms with Gasteiger partial charge in [-0.2, -0.15) is 0 Å². The number of carbonyl (C=O) groups excluding carboxylic acids is 3. The first-order valence-electron chi connectivity index (χ1n) is 10.6. The molecule has 1 saturated heterocycles. The number of fused-ring (bicyclic) bond motifs is 1. The zero-order valence-corrected chi connectivity index (χ0v) is 17.9. The molecule has 2 unspecified atom stereocenters. The van der Waals surface area contributed by atoms with Gasteiger partial charge in [0.1, 0.15) is 6.61 Å². The van der Waals surface area contributed by atoms with Crippen molar-refractivity contribution in [1.29, 1.82) is 0 Å². The number of allylic oxidation sites excluding steroid dienone is 1. The average Bonchev–Trinajstić information content (AvgIpc) is 3.41.